The molecule has 0 fully saturated rings. The van der Waals surface area contributed by atoms with E-state index in [1.54, 1.807) is 17.5 Å². The second-order valence-electron chi connectivity index (χ2n) is 3.65. The Hall–Kier alpha value is -1.97. The fourth-order valence-electron chi connectivity index (χ4n) is 1.41. The van der Waals surface area contributed by atoms with Gasteiger partial charge in [0, 0.05) is 10.9 Å². The Labute approximate surface area is 113 Å². The highest BCUT2D eigenvalue weighted by atomic mass is 32.2. The number of nitrogens with zero attached hydrogens (tertiary/aromatic N) is 1. The number of thiazole rings is 1. The van der Waals surface area contributed by atoms with Crippen molar-refractivity contribution in [2.75, 3.05) is 5.32 Å². The Bertz CT molecular complexity index is 723. The zero-order valence-corrected chi connectivity index (χ0v) is 11.3. The van der Waals surface area contributed by atoms with E-state index in [1.165, 1.54) is 23.5 Å². The van der Waals surface area contributed by atoms with Gasteiger partial charge in [0.25, 0.3) is 0 Å². The maximum absolute atomic E-state index is 11.3. The number of benzene rings is 1. The monoisotopic (exact) mass is 297 g/mol. The van der Waals surface area contributed by atoms with Gasteiger partial charge in [-0.05, 0) is 12.1 Å². The zero-order valence-electron chi connectivity index (χ0n) is 9.62. The Morgan fingerprint density at radius 2 is 2.16 bits per heavy atom. The normalized spacial score (nSPS) is 11.2. The lowest BCUT2D eigenvalue weighted by atomic mass is 10.2. The van der Waals surface area contributed by atoms with E-state index in [0.717, 1.165) is 0 Å². The molecule has 1 aromatic heterocycles. The highest BCUT2D eigenvalue weighted by Crippen LogP contribution is 2.26. The number of anilines is 1. The molecule has 7 nitrogen and oxygen atoms in total. The number of hydrogen-bond donors (Lipinski definition) is 4. The molecule has 1 aromatic carbocycles. The van der Waals surface area contributed by atoms with Crippen molar-refractivity contribution in [3.63, 3.8) is 0 Å². The second-order valence-corrected chi connectivity index (χ2v) is 6.07. The number of rotatable bonds is 3. The summed E-state index contributed by atoms with van der Waals surface area (Å²) < 4.78 is 22.5. The van der Waals surface area contributed by atoms with E-state index in [0.29, 0.717) is 16.4 Å². The lowest BCUT2D eigenvalue weighted by Crippen LogP contribution is -2.20. The van der Waals surface area contributed by atoms with E-state index in [1.807, 2.05) is 0 Å². The first-order chi connectivity index (χ1) is 8.86. The standard InChI is InChI=1S/C10H11N5O2S2/c11-9(12)15-10-14-8(5-18-10)6-2-1-3-7(4-6)19(13,16)17/h1-5H,(H2,13,16,17)(H4,11,12,14,15). The predicted octanol–water partition coefficient (Wildman–Crippen LogP) is 0.763. The fraction of sp³-hybridized carbons (Fsp3) is 0. The minimum absolute atomic E-state index is 0.0269. The molecule has 9 heteroatoms. The maximum Gasteiger partial charge on any atom is 0.238 e. The summed E-state index contributed by atoms with van der Waals surface area (Å²) in [4.78, 5) is 4.22. The van der Waals surface area contributed by atoms with Crippen LogP contribution in [0.2, 0.25) is 0 Å². The van der Waals surface area contributed by atoms with Gasteiger partial charge in [-0.2, -0.15) is 0 Å². The van der Waals surface area contributed by atoms with Gasteiger partial charge in [-0.15, -0.1) is 11.3 Å². The summed E-state index contributed by atoms with van der Waals surface area (Å²) in [5, 5.41) is 16.9. The molecule has 0 bridgehead atoms. The van der Waals surface area contributed by atoms with Crippen molar-refractivity contribution in [1.29, 1.82) is 5.41 Å². The van der Waals surface area contributed by atoms with Crippen molar-refractivity contribution >= 4 is 32.5 Å². The van der Waals surface area contributed by atoms with Crippen LogP contribution < -0.4 is 16.2 Å². The van der Waals surface area contributed by atoms with Gasteiger partial charge >= 0.3 is 0 Å². The van der Waals surface area contributed by atoms with Crippen molar-refractivity contribution in [2.24, 2.45) is 10.9 Å². The van der Waals surface area contributed by atoms with Gasteiger partial charge in [0.2, 0.25) is 10.0 Å². The minimum Gasteiger partial charge on any atom is -0.370 e. The SMILES string of the molecule is N=C(N)Nc1nc(-c2cccc(S(N)(=O)=O)c2)cs1. The van der Waals surface area contributed by atoms with Crippen molar-refractivity contribution in [2.45, 2.75) is 4.90 Å². The molecule has 0 atom stereocenters. The highest BCUT2D eigenvalue weighted by molar-refractivity contribution is 7.89. The number of nitrogens with two attached hydrogens (primary N) is 2. The summed E-state index contributed by atoms with van der Waals surface area (Å²) >= 11 is 1.26. The van der Waals surface area contributed by atoms with Crippen LogP contribution in [-0.2, 0) is 10.0 Å². The molecule has 0 radical (unpaired) electrons. The summed E-state index contributed by atoms with van der Waals surface area (Å²) in [5.41, 5.74) is 6.40. The van der Waals surface area contributed by atoms with Gasteiger partial charge in [-0.25, -0.2) is 18.5 Å². The zero-order chi connectivity index (χ0) is 14.0. The molecule has 19 heavy (non-hydrogen) atoms. The Morgan fingerprint density at radius 3 is 2.79 bits per heavy atom. The molecule has 0 saturated carbocycles. The van der Waals surface area contributed by atoms with Gasteiger partial charge in [-0.1, -0.05) is 12.1 Å². The summed E-state index contributed by atoms with van der Waals surface area (Å²) in [5.74, 6) is -0.209. The molecule has 0 spiro atoms. The topological polar surface area (TPSA) is 135 Å². The first-order valence-corrected chi connectivity index (χ1v) is 7.48. The Kier molecular flexibility index (Phi) is 3.51. The number of sulfonamides is 1. The van der Waals surface area contributed by atoms with Crippen LogP contribution in [0.5, 0.6) is 0 Å². The first-order valence-electron chi connectivity index (χ1n) is 5.06. The molecule has 0 aliphatic rings. The van der Waals surface area contributed by atoms with Gasteiger partial charge in [0.15, 0.2) is 11.1 Å². The quantitative estimate of drug-likeness (QED) is 0.490. The summed E-state index contributed by atoms with van der Waals surface area (Å²) in [6, 6.07) is 6.18. The van der Waals surface area contributed by atoms with Gasteiger partial charge in [0.05, 0.1) is 10.6 Å². The van der Waals surface area contributed by atoms with Crippen LogP contribution in [-0.4, -0.2) is 19.4 Å². The number of guanidine groups is 1. The Morgan fingerprint density at radius 1 is 1.42 bits per heavy atom. The van der Waals surface area contributed by atoms with Crippen molar-refractivity contribution in [3.8, 4) is 11.3 Å². The van der Waals surface area contributed by atoms with Crippen molar-refractivity contribution in [3.05, 3.63) is 29.6 Å². The van der Waals surface area contributed by atoms with Crippen LogP contribution in [0.4, 0.5) is 5.13 Å². The molecule has 2 rings (SSSR count). The molecule has 1 heterocycles. The number of primary sulfonamides is 1. The largest absolute Gasteiger partial charge is 0.370 e. The molecule has 6 N–H and O–H groups in total. The molecule has 2 aromatic rings. The van der Waals surface area contributed by atoms with Crippen LogP contribution in [0.1, 0.15) is 0 Å². The van der Waals surface area contributed by atoms with Crippen LogP contribution >= 0.6 is 11.3 Å². The summed E-state index contributed by atoms with van der Waals surface area (Å²) in [7, 11) is -3.74. The molecule has 0 aliphatic heterocycles. The van der Waals surface area contributed by atoms with Gasteiger partial charge < -0.3 is 11.1 Å². The second kappa shape index (κ2) is 4.96. The predicted molar refractivity (Wildman–Crippen MR) is 74.5 cm³/mol. The third-order valence-electron chi connectivity index (χ3n) is 2.20. The van der Waals surface area contributed by atoms with Crippen LogP contribution in [0.25, 0.3) is 11.3 Å². The average molecular weight is 297 g/mol. The number of aromatic nitrogens is 1. The number of nitrogens with one attached hydrogen (secondary N) is 2. The Balaban J connectivity index is 2.37. The smallest absolute Gasteiger partial charge is 0.238 e. The van der Waals surface area contributed by atoms with E-state index in [4.69, 9.17) is 16.3 Å². The van der Waals surface area contributed by atoms with Crippen LogP contribution in [0, 0.1) is 5.41 Å². The van der Waals surface area contributed by atoms with Crippen LogP contribution in [0.3, 0.4) is 0 Å². The fourth-order valence-corrected chi connectivity index (χ4v) is 2.70. The molecular weight excluding hydrogens is 286 g/mol. The highest BCUT2D eigenvalue weighted by Gasteiger charge is 2.10. The molecule has 0 unspecified atom stereocenters. The third kappa shape index (κ3) is 3.28. The summed E-state index contributed by atoms with van der Waals surface area (Å²) in [6.45, 7) is 0. The number of hydrogen-bond acceptors (Lipinski definition) is 5. The van der Waals surface area contributed by atoms with E-state index < -0.39 is 10.0 Å². The third-order valence-corrected chi connectivity index (χ3v) is 3.87. The molecule has 100 valence electrons. The van der Waals surface area contributed by atoms with E-state index in [9.17, 15) is 8.42 Å². The van der Waals surface area contributed by atoms with E-state index >= 15 is 0 Å². The first kappa shape index (κ1) is 13.5. The molecule has 0 aliphatic carbocycles. The lowest BCUT2D eigenvalue weighted by molar-refractivity contribution is 0.598. The van der Waals surface area contributed by atoms with Crippen molar-refractivity contribution in [1.82, 2.24) is 4.98 Å². The lowest BCUT2D eigenvalue weighted by Gasteiger charge is -2.01. The summed E-state index contributed by atoms with van der Waals surface area (Å²) in [6.07, 6.45) is 0. The molecule has 0 amide bonds. The maximum atomic E-state index is 11.3. The minimum atomic E-state index is -3.74. The van der Waals surface area contributed by atoms with E-state index in [2.05, 4.69) is 10.3 Å². The van der Waals surface area contributed by atoms with Crippen molar-refractivity contribution < 1.29 is 8.42 Å². The van der Waals surface area contributed by atoms with Gasteiger partial charge in [-0.3, -0.25) is 5.41 Å². The average Bonchev–Trinajstić information content (AvgIpc) is 2.76. The van der Waals surface area contributed by atoms with Crippen LogP contribution in [0.15, 0.2) is 34.5 Å². The van der Waals surface area contributed by atoms with Gasteiger partial charge in [0.1, 0.15) is 0 Å². The molecule has 0 saturated heterocycles. The van der Waals surface area contributed by atoms with E-state index in [-0.39, 0.29) is 10.9 Å². The molecular formula is C10H11N5O2S2.